The van der Waals surface area contributed by atoms with Crippen molar-refractivity contribution in [2.24, 2.45) is 11.7 Å². The summed E-state index contributed by atoms with van der Waals surface area (Å²) in [7, 11) is 0. The zero-order chi connectivity index (χ0) is 13.8. The highest BCUT2D eigenvalue weighted by Crippen LogP contribution is 2.30. The number of hydrogen-bond acceptors (Lipinski definition) is 2. The number of hydrogen-bond donors (Lipinski definition) is 1. The van der Waals surface area contributed by atoms with E-state index in [0.717, 1.165) is 3.57 Å². The van der Waals surface area contributed by atoms with E-state index in [1.54, 1.807) is 12.1 Å². The van der Waals surface area contributed by atoms with Gasteiger partial charge in [-0.05, 0) is 53.5 Å². The van der Waals surface area contributed by atoms with Crippen molar-refractivity contribution in [3.8, 4) is 5.75 Å². The van der Waals surface area contributed by atoms with Crippen LogP contribution in [0.25, 0.3) is 0 Å². The van der Waals surface area contributed by atoms with Crippen molar-refractivity contribution in [1.29, 1.82) is 0 Å². The Bertz CT molecular complexity index is 473. The molecule has 0 bridgehead atoms. The minimum atomic E-state index is -0.503. The molecule has 1 aromatic carbocycles. The lowest BCUT2D eigenvalue weighted by molar-refractivity contribution is 0.0994. The quantitative estimate of drug-likeness (QED) is 0.786. The highest BCUT2D eigenvalue weighted by Gasteiger charge is 2.17. The largest absolute Gasteiger partial charge is 0.492 e. The van der Waals surface area contributed by atoms with Gasteiger partial charge in [0.25, 0.3) is 5.91 Å². The lowest BCUT2D eigenvalue weighted by Gasteiger charge is -2.22. The van der Waals surface area contributed by atoms with E-state index in [1.165, 1.54) is 32.1 Å². The zero-order valence-corrected chi connectivity index (χ0v) is 13.5. The van der Waals surface area contributed by atoms with E-state index in [2.05, 4.69) is 22.6 Å². The summed E-state index contributed by atoms with van der Waals surface area (Å²) in [6.07, 6.45) is 6.28. The van der Waals surface area contributed by atoms with E-state index < -0.39 is 5.91 Å². The summed E-state index contributed by atoms with van der Waals surface area (Å²) < 4.78 is 6.67. The van der Waals surface area contributed by atoms with Gasteiger partial charge in [-0.1, -0.05) is 30.9 Å². The van der Waals surface area contributed by atoms with Crippen molar-refractivity contribution >= 4 is 40.1 Å². The topological polar surface area (TPSA) is 52.3 Å². The Labute approximate surface area is 132 Å². The van der Waals surface area contributed by atoms with Crippen LogP contribution in [0, 0.1) is 9.49 Å². The molecule has 104 valence electrons. The van der Waals surface area contributed by atoms with Crippen molar-refractivity contribution in [3.05, 3.63) is 26.3 Å². The summed E-state index contributed by atoms with van der Waals surface area (Å²) in [5.41, 5.74) is 5.72. The summed E-state index contributed by atoms with van der Waals surface area (Å²) in [6, 6.07) is 3.37. The Morgan fingerprint density at radius 2 is 2.05 bits per heavy atom. The molecular weight excluding hydrogens is 377 g/mol. The van der Waals surface area contributed by atoms with Gasteiger partial charge in [-0.25, -0.2) is 0 Å². The van der Waals surface area contributed by atoms with E-state index >= 15 is 0 Å². The van der Waals surface area contributed by atoms with Gasteiger partial charge in [0.2, 0.25) is 0 Å². The number of carbonyl (C=O) groups excluding carboxylic acids is 1. The normalized spacial score (nSPS) is 16.3. The molecule has 0 unspecified atom stereocenters. The number of rotatable bonds is 4. The van der Waals surface area contributed by atoms with E-state index in [0.29, 0.717) is 28.9 Å². The second kappa shape index (κ2) is 6.79. The molecule has 5 heteroatoms. The fraction of sp³-hybridized carbons (Fsp3) is 0.500. The number of nitrogens with two attached hydrogens (primary N) is 1. The van der Waals surface area contributed by atoms with Crippen molar-refractivity contribution in [2.75, 3.05) is 6.61 Å². The first-order chi connectivity index (χ1) is 9.08. The van der Waals surface area contributed by atoms with Crippen LogP contribution < -0.4 is 10.5 Å². The third-order valence-corrected chi connectivity index (χ3v) is 5.01. The van der Waals surface area contributed by atoms with Gasteiger partial charge in [-0.15, -0.1) is 0 Å². The van der Waals surface area contributed by atoms with Crippen LogP contribution in [0.2, 0.25) is 5.02 Å². The van der Waals surface area contributed by atoms with Crippen LogP contribution in [0.15, 0.2) is 12.1 Å². The Morgan fingerprint density at radius 3 is 2.68 bits per heavy atom. The molecule has 1 aromatic rings. The van der Waals surface area contributed by atoms with Crippen LogP contribution in [0.1, 0.15) is 42.5 Å². The van der Waals surface area contributed by atoms with Gasteiger partial charge >= 0.3 is 0 Å². The molecule has 1 amide bonds. The average molecular weight is 394 g/mol. The van der Waals surface area contributed by atoms with Gasteiger partial charge in [-0.2, -0.15) is 0 Å². The molecule has 0 aromatic heterocycles. The highest BCUT2D eigenvalue weighted by molar-refractivity contribution is 14.1. The van der Waals surface area contributed by atoms with Gasteiger partial charge in [0.1, 0.15) is 5.75 Å². The summed E-state index contributed by atoms with van der Waals surface area (Å²) in [4.78, 5) is 11.4. The third-order valence-electron chi connectivity index (χ3n) is 3.49. The molecule has 1 aliphatic rings. The molecular formula is C14H17ClINO2. The smallest absolute Gasteiger partial charge is 0.252 e. The molecule has 0 atom stereocenters. The second-order valence-electron chi connectivity index (χ2n) is 4.94. The monoisotopic (exact) mass is 393 g/mol. The molecule has 0 spiro atoms. The van der Waals surface area contributed by atoms with Gasteiger partial charge in [0.15, 0.2) is 0 Å². The molecule has 2 rings (SSSR count). The molecule has 0 aliphatic heterocycles. The second-order valence-corrected chi connectivity index (χ2v) is 6.51. The molecule has 1 fully saturated rings. The lowest BCUT2D eigenvalue weighted by atomic mass is 9.90. The Hall–Kier alpha value is -0.490. The van der Waals surface area contributed by atoms with Gasteiger partial charge in [0, 0.05) is 3.57 Å². The van der Waals surface area contributed by atoms with Crippen LogP contribution in [-0.4, -0.2) is 12.5 Å². The van der Waals surface area contributed by atoms with Crippen LogP contribution in [-0.2, 0) is 0 Å². The Balaban J connectivity index is 2.09. The van der Waals surface area contributed by atoms with Crippen molar-refractivity contribution in [1.82, 2.24) is 0 Å². The third kappa shape index (κ3) is 3.99. The molecule has 1 aliphatic carbocycles. The maximum absolute atomic E-state index is 11.4. The summed E-state index contributed by atoms with van der Waals surface area (Å²) >= 11 is 8.13. The van der Waals surface area contributed by atoms with Crippen LogP contribution in [0.5, 0.6) is 5.75 Å². The minimum Gasteiger partial charge on any atom is -0.492 e. The van der Waals surface area contributed by atoms with Crippen LogP contribution in [0.4, 0.5) is 0 Å². The zero-order valence-electron chi connectivity index (χ0n) is 10.6. The minimum absolute atomic E-state index is 0.362. The summed E-state index contributed by atoms with van der Waals surface area (Å²) in [5, 5.41) is 0.527. The molecule has 19 heavy (non-hydrogen) atoms. The van der Waals surface area contributed by atoms with Crippen molar-refractivity contribution < 1.29 is 9.53 Å². The molecule has 3 nitrogen and oxygen atoms in total. The van der Waals surface area contributed by atoms with E-state index in [1.807, 2.05) is 0 Å². The van der Waals surface area contributed by atoms with E-state index in [9.17, 15) is 4.79 Å². The SMILES string of the molecule is NC(=O)c1cc(Cl)c(I)cc1OCC1CCCCC1. The first kappa shape index (κ1) is 14.9. The summed E-state index contributed by atoms with van der Waals surface area (Å²) in [6.45, 7) is 0.651. The number of benzene rings is 1. The summed E-state index contributed by atoms with van der Waals surface area (Å²) in [5.74, 6) is 0.631. The van der Waals surface area contributed by atoms with Gasteiger partial charge in [-0.3, -0.25) is 4.79 Å². The van der Waals surface area contributed by atoms with E-state index in [-0.39, 0.29) is 0 Å². The lowest BCUT2D eigenvalue weighted by Crippen LogP contribution is -2.18. The predicted octanol–water partition coefficient (Wildman–Crippen LogP) is 4.00. The Morgan fingerprint density at radius 1 is 1.37 bits per heavy atom. The maximum Gasteiger partial charge on any atom is 0.252 e. The molecule has 0 saturated heterocycles. The standard InChI is InChI=1S/C14H17ClINO2/c15-11-6-10(14(17)18)13(7-12(11)16)19-8-9-4-2-1-3-5-9/h6-7,9H,1-5,8H2,(H2,17,18). The Kier molecular flexibility index (Phi) is 5.33. The first-order valence-electron chi connectivity index (χ1n) is 6.49. The average Bonchev–Trinajstić information content (AvgIpc) is 2.40. The van der Waals surface area contributed by atoms with Crippen molar-refractivity contribution in [3.63, 3.8) is 0 Å². The first-order valence-corrected chi connectivity index (χ1v) is 7.95. The molecule has 1 saturated carbocycles. The number of amides is 1. The van der Waals surface area contributed by atoms with Gasteiger partial charge in [0.05, 0.1) is 17.2 Å². The molecule has 0 heterocycles. The molecule has 2 N–H and O–H groups in total. The maximum atomic E-state index is 11.4. The van der Waals surface area contributed by atoms with Crippen LogP contribution in [0.3, 0.4) is 0 Å². The fourth-order valence-corrected chi connectivity index (χ4v) is 3.00. The molecule has 0 radical (unpaired) electrons. The predicted molar refractivity (Wildman–Crippen MR) is 84.8 cm³/mol. The fourth-order valence-electron chi connectivity index (χ4n) is 2.40. The number of carbonyl (C=O) groups is 1. The van der Waals surface area contributed by atoms with Crippen LogP contribution >= 0.6 is 34.2 Å². The number of halogens is 2. The van der Waals surface area contributed by atoms with E-state index in [4.69, 9.17) is 22.1 Å². The van der Waals surface area contributed by atoms with Gasteiger partial charge < -0.3 is 10.5 Å². The highest BCUT2D eigenvalue weighted by atomic mass is 127. The number of ether oxygens (including phenoxy) is 1. The number of primary amides is 1. The van der Waals surface area contributed by atoms with Crippen molar-refractivity contribution in [2.45, 2.75) is 32.1 Å².